The Hall–Kier alpha value is -1.15. The molecule has 1 aromatic carbocycles. The van der Waals surface area contributed by atoms with Crippen LogP contribution in [-0.4, -0.2) is 41.3 Å². The van der Waals surface area contributed by atoms with Crippen molar-refractivity contribution in [1.29, 1.82) is 0 Å². The van der Waals surface area contributed by atoms with Gasteiger partial charge in [0.05, 0.1) is 11.5 Å². The van der Waals surface area contributed by atoms with Crippen molar-refractivity contribution in [3.8, 4) is 0 Å². The molecule has 0 fully saturated rings. The highest BCUT2D eigenvalue weighted by Gasteiger charge is 2.12. The molecule has 0 aliphatic carbocycles. The Morgan fingerprint density at radius 2 is 1.86 bits per heavy atom. The zero-order valence-corrected chi connectivity index (χ0v) is 13.3. The molecule has 0 bridgehead atoms. The lowest BCUT2D eigenvalue weighted by Gasteiger charge is -2.09. The van der Waals surface area contributed by atoms with Crippen molar-refractivity contribution in [3.63, 3.8) is 0 Å². The monoisotopic (exact) mass is 315 g/mol. The van der Waals surface area contributed by atoms with Crippen molar-refractivity contribution in [1.82, 2.24) is 4.72 Å². The summed E-state index contributed by atoms with van der Waals surface area (Å²) in [7, 11) is -3.38. The van der Waals surface area contributed by atoms with Gasteiger partial charge in [-0.3, -0.25) is 0 Å². The molecule has 0 unspecified atom stereocenters. The second-order valence-corrected chi connectivity index (χ2v) is 6.37. The first-order valence-electron chi connectivity index (χ1n) is 7.21. The first-order valence-corrected chi connectivity index (χ1v) is 8.70. The minimum Gasteiger partial charge on any atom is -0.385 e. The van der Waals surface area contributed by atoms with Gasteiger partial charge in [0.15, 0.2) is 0 Å². The zero-order valence-electron chi connectivity index (χ0n) is 12.5. The lowest BCUT2D eigenvalue weighted by Crippen LogP contribution is -2.24. The second-order valence-electron chi connectivity index (χ2n) is 4.60. The molecule has 1 aromatic rings. The van der Waals surface area contributed by atoms with Crippen molar-refractivity contribution >= 4 is 15.7 Å². The van der Waals surface area contributed by atoms with Gasteiger partial charge in [-0.1, -0.05) is 6.92 Å². The van der Waals surface area contributed by atoms with Gasteiger partial charge < -0.3 is 15.8 Å². The minimum absolute atomic E-state index is 0.285. The molecule has 0 radical (unpaired) electrons. The van der Waals surface area contributed by atoms with Crippen LogP contribution in [0.3, 0.4) is 0 Å². The summed E-state index contributed by atoms with van der Waals surface area (Å²) in [5, 5.41) is 3.22. The molecule has 0 heterocycles. The molecule has 0 amide bonds. The fourth-order valence-corrected chi connectivity index (χ4v) is 2.80. The van der Waals surface area contributed by atoms with Gasteiger partial charge in [0.1, 0.15) is 0 Å². The van der Waals surface area contributed by atoms with Crippen LogP contribution in [-0.2, 0) is 14.8 Å². The number of sulfonamides is 1. The van der Waals surface area contributed by atoms with Crippen LogP contribution in [0.25, 0.3) is 0 Å². The topological polar surface area (TPSA) is 93.5 Å². The number of benzene rings is 1. The van der Waals surface area contributed by atoms with Gasteiger partial charge in [0, 0.05) is 31.9 Å². The summed E-state index contributed by atoms with van der Waals surface area (Å²) in [5.41, 5.74) is 6.21. The first-order chi connectivity index (χ1) is 10.1. The number of nitrogens with one attached hydrogen (secondary N) is 2. The Morgan fingerprint density at radius 1 is 1.14 bits per heavy atom. The van der Waals surface area contributed by atoms with E-state index in [1.54, 1.807) is 24.3 Å². The van der Waals surface area contributed by atoms with E-state index >= 15 is 0 Å². The summed E-state index contributed by atoms with van der Waals surface area (Å²) in [4.78, 5) is 0.285. The van der Waals surface area contributed by atoms with E-state index in [0.717, 1.165) is 25.1 Å². The predicted octanol–water partition coefficient (Wildman–Crippen LogP) is 1.15. The molecular formula is C14H25N3O3S. The zero-order chi connectivity index (χ0) is 15.6. The number of hydrogen-bond acceptors (Lipinski definition) is 5. The maximum atomic E-state index is 11.9. The quantitative estimate of drug-likeness (QED) is 0.533. The van der Waals surface area contributed by atoms with Crippen LogP contribution in [0.4, 0.5) is 5.69 Å². The van der Waals surface area contributed by atoms with E-state index in [-0.39, 0.29) is 4.90 Å². The lowest BCUT2D eigenvalue weighted by atomic mass is 10.3. The fourth-order valence-electron chi connectivity index (χ4n) is 1.66. The van der Waals surface area contributed by atoms with Gasteiger partial charge in [-0.2, -0.15) is 0 Å². The summed E-state index contributed by atoms with van der Waals surface area (Å²) in [6.45, 7) is 4.92. The SMILES string of the molecule is CCCNS(=O)(=O)c1ccc(NCCCOCCN)cc1. The average Bonchev–Trinajstić information content (AvgIpc) is 2.49. The molecule has 6 nitrogen and oxygen atoms in total. The Morgan fingerprint density at radius 3 is 2.48 bits per heavy atom. The molecule has 1 rings (SSSR count). The van der Waals surface area contributed by atoms with Crippen molar-refractivity contribution in [3.05, 3.63) is 24.3 Å². The van der Waals surface area contributed by atoms with Crippen LogP contribution in [0.15, 0.2) is 29.2 Å². The largest absolute Gasteiger partial charge is 0.385 e. The molecular weight excluding hydrogens is 290 g/mol. The Balaban J connectivity index is 2.40. The number of rotatable bonds is 11. The highest BCUT2D eigenvalue weighted by atomic mass is 32.2. The van der Waals surface area contributed by atoms with Gasteiger partial charge in [-0.05, 0) is 37.1 Å². The maximum Gasteiger partial charge on any atom is 0.240 e. The minimum atomic E-state index is -3.38. The molecule has 0 aliphatic heterocycles. The Bertz CT molecular complexity index is 489. The maximum absolute atomic E-state index is 11.9. The summed E-state index contributed by atoms with van der Waals surface area (Å²) >= 11 is 0. The average molecular weight is 315 g/mol. The second kappa shape index (κ2) is 9.73. The number of hydrogen-bond donors (Lipinski definition) is 3. The molecule has 21 heavy (non-hydrogen) atoms. The number of ether oxygens (including phenoxy) is 1. The van der Waals surface area contributed by atoms with E-state index in [2.05, 4.69) is 10.0 Å². The summed E-state index contributed by atoms with van der Waals surface area (Å²) in [6.07, 6.45) is 1.64. The van der Waals surface area contributed by atoms with E-state index in [1.807, 2.05) is 6.92 Å². The highest BCUT2D eigenvalue weighted by molar-refractivity contribution is 7.89. The van der Waals surface area contributed by atoms with Crippen molar-refractivity contribution in [2.24, 2.45) is 5.73 Å². The van der Waals surface area contributed by atoms with E-state index < -0.39 is 10.0 Å². The number of nitrogens with two attached hydrogens (primary N) is 1. The van der Waals surface area contributed by atoms with Crippen LogP contribution in [0, 0.1) is 0 Å². The van der Waals surface area contributed by atoms with Crippen molar-refractivity contribution < 1.29 is 13.2 Å². The van der Waals surface area contributed by atoms with Gasteiger partial charge in [0.25, 0.3) is 0 Å². The smallest absolute Gasteiger partial charge is 0.240 e. The van der Waals surface area contributed by atoms with Gasteiger partial charge in [-0.15, -0.1) is 0 Å². The molecule has 0 saturated heterocycles. The molecule has 0 aromatic heterocycles. The normalized spacial score (nSPS) is 11.5. The number of anilines is 1. The first kappa shape index (κ1) is 17.9. The van der Waals surface area contributed by atoms with Gasteiger partial charge in [0.2, 0.25) is 10.0 Å². The van der Waals surface area contributed by atoms with Crippen molar-refractivity contribution in [2.75, 3.05) is 38.2 Å². The van der Waals surface area contributed by atoms with Crippen LogP contribution in [0.2, 0.25) is 0 Å². The fraction of sp³-hybridized carbons (Fsp3) is 0.571. The molecule has 0 spiro atoms. The van der Waals surface area contributed by atoms with Crippen LogP contribution in [0.1, 0.15) is 19.8 Å². The third-order valence-electron chi connectivity index (χ3n) is 2.76. The molecule has 0 atom stereocenters. The van der Waals surface area contributed by atoms with E-state index in [9.17, 15) is 8.42 Å². The third-order valence-corrected chi connectivity index (χ3v) is 4.24. The van der Waals surface area contributed by atoms with Gasteiger partial charge in [-0.25, -0.2) is 13.1 Å². The van der Waals surface area contributed by atoms with Crippen LogP contribution < -0.4 is 15.8 Å². The molecule has 0 aliphatic rings. The Labute approximate surface area is 127 Å². The summed E-state index contributed by atoms with van der Waals surface area (Å²) < 4.78 is 31.6. The van der Waals surface area contributed by atoms with E-state index in [1.165, 1.54) is 0 Å². The predicted molar refractivity (Wildman–Crippen MR) is 84.9 cm³/mol. The lowest BCUT2D eigenvalue weighted by molar-refractivity contribution is 0.141. The van der Waals surface area contributed by atoms with Crippen molar-refractivity contribution in [2.45, 2.75) is 24.7 Å². The molecule has 7 heteroatoms. The summed E-state index contributed by atoms with van der Waals surface area (Å²) in [5.74, 6) is 0. The van der Waals surface area contributed by atoms with E-state index in [0.29, 0.717) is 26.3 Å². The molecule has 4 N–H and O–H groups in total. The van der Waals surface area contributed by atoms with E-state index in [4.69, 9.17) is 10.5 Å². The highest BCUT2D eigenvalue weighted by Crippen LogP contribution is 2.13. The standard InChI is InChI=1S/C14H25N3O3S/c1-2-9-17-21(18,19)14-6-4-13(5-7-14)16-10-3-11-20-12-8-15/h4-7,16-17H,2-3,8-12,15H2,1H3. The Kier molecular flexibility index (Phi) is 8.29. The molecule has 0 saturated carbocycles. The van der Waals surface area contributed by atoms with Gasteiger partial charge >= 0.3 is 0 Å². The molecule has 120 valence electrons. The summed E-state index contributed by atoms with van der Waals surface area (Å²) in [6, 6.07) is 6.74. The third kappa shape index (κ3) is 6.90. The van der Waals surface area contributed by atoms with Crippen LogP contribution >= 0.6 is 0 Å². The van der Waals surface area contributed by atoms with Crippen LogP contribution in [0.5, 0.6) is 0 Å².